The Morgan fingerprint density at radius 3 is 1.97 bits per heavy atom. The second-order valence-corrected chi connectivity index (χ2v) is 16.6. The molecule has 1 aliphatic carbocycles. The summed E-state index contributed by atoms with van der Waals surface area (Å²) < 4.78 is 16.0. The maximum atomic E-state index is 7.22. The summed E-state index contributed by atoms with van der Waals surface area (Å²) in [5.41, 5.74) is 11.1. The monoisotopic (exact) mass is 806 g/mol. The highest BCUT2D eigenvalue weighted by atomic mass is 16.5. The van der Waals surface area contributed by atoms with Crippen molar-refractivity contribution in [2.24, 2.45) is 0 Å². The van der Waals surface area contributed by atoms with E-state index in [0.717, 1.165) is 66.8 Å². The lowest BCUT2D eigenvalue weighted by Gasteiger charge is -2.28. The van der Waals surface area contributed by atoms with Gasteiger partial charge < -0.3 is 13.7 Å². The number of para-hydroxylation sites is 2. The van der Waals surface area contributed by atoms with Crippen LogP contribution >= 0.6 is 0 Å². The van der Waals surface area contributed by atoms with Crippen molar-refractivity contribution in [1.29, 1.82) is 0 Å². The largest absolute Gasteiger partial charge is 0.484 e. The van der Waals surface area contributed by atoms with Gasteiger partial charge in [0.05, 0.1) is 22.3 Å². The number of fused-ring (bicyclic) bond motifs is 14. The zero-order chi connectivity index (χ0) is 41.2. The lowest BCUT2D eigenvalue weighted by Crippen LogP contribution is -2.17. The highest BCUT2D eigenvalue weighted by molar-refractivity contribution is 6.24. The first-order chi connectivity index (χ1) is 31.2. The Kier molecular flexibility index (Phi) is 7.13. The Morgan fingerprint density at radius 2 is 1.08 bits per heavy atom. The van der Waals surface area contributed by atoms with Crippen molar-refractivity contribution < 1.29 is 9.15 Å². The molecule has 0 saturated heterocycles. The van der Waals surface area contributed by atoms with Crippen molar-refractivity contribution in [3.05, 3.63) is 211 Å². The Bertz CT molecular complexity index is 3920. The molecule has 63 heavy (non-hydrogen) atoms. The molecular formula is C57H34N4O2. The molecule has 9 aromatic carbocycles. The van der Waals surface area contributed by atoms with Crippen LogP contribution in [0.2, 0.25) is 0 Å². The van der Waals surface area contributed by atoms with Gasteiger partial charge in [-0.3, -0.25) is 0 Å². The summed E-state index contributed by atoms with van der Waals surface area (Å²) in [7, 11) is 0. The first kappa shape index (κ1) is 34.4. The van der Waals surface area contributed by atoms with Crippen molar-refractivity contribution in [2.45, 2.75) is 12.0 Å². The van der Waals surface area contributed by atoms with E-state index < -0.39 is 0 Å². The number of hydrogen-bond acceptors (Lipinski definition) is 5. The number of rotatable bonds is 4. The summed E-state index contributed by atoms with van der Waals surface area (Å²) in [6.07, 6.45) is 2.20. The zero-order valence-corrected chi connectivity index (χ0v) is 33.7. The Labute approximate surface area is 361 Å². The number of hydrogen-bond donors (Lipinski definition) is 0. The van der Waals surface area contributed by atoms with Crippen LogP contribution in [0, 0.1) is 0 Å². The van der Waals surface area contributed by atoms with Gasteiger partial charge >= 0.3 is 0 Å². The van der Waals surface area contributed by atoms with Crippen LogP contribution in [0.3, 0.4) is 0 Å². The molecule has 4 heterocycles. The average molecular weight is 807 g/mol. The first-order valence-corrected chi connectivity index (χ1v) is 21.4. The van der Waals surface area contributed by atoms with Crippen LogP contribution < -0.4 is 4.74 Å². The van der Waals surface area contributed by atoms with Gasteiger partial charge in [0.15, 0.2) is 17.5 Å². The molecular weight excluding hydrogens is 773 g/mol. The van der Waals surface area contributed by atoms with E-state index in [1.165, 1.54) is 43.4 Å². The zero-order valence-electron chi connectivity index (χ0n) is 33.7. The second-order valence-electron chi connectivity index (χ2n) is 16.6. The van der Waals surface area contributed by atoms with Gasteiger partial charge in [-0.25, -0.2) is 15.0 Å². The van der Waals surface area contributed by atoms with Crippen molar-refractivity contribution in [3.8, 4) is 39.9 Å². The van der Waals surface area contributed by atoms with Gasteiger partial charge in [0, 0.05) is 55.3 Å². The smallest absolute Gasteiger partial charge is 0.167 e. The molecule has 1 aliphatic heterocycles. The average Bonchev–Trinajstić information content (AvgIpc) is 4.03. The molecule has 3 aromatic heterocycles. The van der Waals surface area contributed by atoms with Crippen molar-refractivity contribution >= 4 is 71.0 Å². The minimum atomic E-state index is -0.239. The third-order valence-corrected chi connectivity index (χ3v) is 13.2. The molecule has 14 rings (SSSR count). The Balaban J connectivity index is 0.991. The van der Waals surface area contributed by atoms with Crippen LogP contribution in [-0.4, -0.2) is 19.5 Å². The Morgan fingerprint density at radius 1 is 0.429 bits per heavy atom. The molecule has 2 atom stereocenters. The molecule has 2 unspecified atom stereocenters. The van der Waals surface area contributed by atoms with Crippen LogP contribution in [0.1, 0.15) is 28.7 Å². The molecule has 0 saturated carbocycles. The van der Waals surface area contributed by atoms with Crippen LogP contribution in [-0.2, 0) is 0 Å². The SMILES string of the molecule is C1=C(n2c3cc4ccccc4cc3c3c4ccccc4ccc32)c2ccccc2C2Oc3c(-c4nc(-c5ccccc5)nc(-c5cccc6oc7ccccc7c56)n4)cccc3C12. The molecule has 0 N–H and O–H groups in total. The maximum Gasteiger partial charge on any atom is 0.167 e. The summed E-state index contributed by atoms with van der Waals surface area (Å²) >= 11 is 0. The minimum absolute atomic E-state index is 0.0702. The van der Waals surface area contributed by atoms with E-state index in [2.05, 4.69) is 138 Å². The number of nitrogens with zero attached hydrogens (tertiary/aromatic N) is 4. The predicted molar refractivity (Wildman–Crippen MR) is 254 cm³/mol. The number of ether oxygens (including phenoxy) is 1. The molecule has 0 bridgehead atoms. The first-order valence-electron chi connectivity index (χ1n) is 21.4. The summed E-state index contributed by atoms with van der Waals surface area (Å²) in [6.45, 7) is 0. The van der Waals surface area contributed by atoms with Crippen molar-refractivity contribution in [3.63, 3.8) is 0 Å². The van der Waals surface area contributed by atoms with Gasteiger partial charge in [-0.15, -0.1) is 0 Å². The van der Waals surface area contributed by atoms with Crippen LogP contribution in [0.15, 0.2) is 199 Å². The molecule has 0 spiro atoms. The quantitative estimate of drug-likeness (QED) is 0.177. The lowest BCUT2D eigenvalue weighted by atomic mass is 9.82. The van der Waals surface area contributed by atoms with Crippen molar-refractivity contribution in [2.75, 3.05) is 0 Å². The fourth-order valence-corrected chi connectivity index (χ4v) is 10.4. The van der Waals surface area contributed by atoms with Gasteiger partial charge in [0.2, 0.25) is 0 Å². The number of aromatic nitrogens is 4. The standard InChI is InChI=1S/C57H34N4O2/c1-2-15-34(16-3-1)55-58-56(42-24-13-27-50-52(42)41-22-10-11-26-49(41)62-50)60-57(59-55)43-25-12-23-40-44-32-48(38-20-8-9-21-39(38)54(44)63-53(40)43)61-46-29-28-33-14-6-7-19-37(33)51(46)45-30-35-17-4-5-18-36(35)31-47(45)61/h1-32,44,54H. The topological polar surface area (TPSA) is 66.0 Å². The molecule has 294 valence electrons. The molecule has 12 aromatic rings. The molecule has 6 heteroatoms. The minimum Gasteiger partial charge on any atom is -0.484 e. The highest BCUT2D eigenvalue weighted by Crippen LogP contribution is 2.55. The number of furan rings is 1. The maximum absolute atomic E-state index is 7.22. The van der Waals surface area contributed by atoms with Gasteiger partial charge in [-0.2, -0.15) is 0 Å². The molecule has 0 radical (unpaired) electrons. The summed E-state index contributed by atoms with van der Waals surface area (Å²) in [6, 6.07) is 66.2. The fraction of sp³-hybridized carbons (Fsp3) is 0.0351. The van der Waals surface area contributed by atoms with E-state index in [1.807, 2.05) is 60.7 Å². The van der Waals surface area contributed by atoms with Gasteiger partial charge in [0.1, 0.15) is 23.0 Å². The number of benzene rings is 9. The van der Waals surface area contributed by atoms with E-state index >= 15 is 0 Å². The van der Waals surface area contributed by atoms with E-state index in [1.54, 1.807) is 0 Å². The fourth-order valence-electron chi connectivity index (χ4n) is 10.4. The van der Waals surface area contributed by atoms with E-state index in [9.17, 15) is 0 Å². The highest BCUT2D eigenvalue weighted by Gasteiger charge is 2.41. The summed E-state index contributed by atoms with van der Waals surface area (Å²) in [5, 5.41) is 9.42. The predicted octanol–water partition coefficient (Wildman–Crippen LogP) is 14.3. The van der Waals surface area contributed by atoms with E-state index in [0.29, 0.717) is 17.5 Å². The summed E-state index contributed by atoms with van der Waals surface area (Å²) in [5.74, 6) is 2.44. The van der Waals surface area contributed by atoms with Crippen LogP contribution in [0.25, 0.3) is 105 Å². The molecule has 6 nitrogen and oxygen atoms in total. The molecule has 2 aliphatic rings. The van der Waals surface area contributed by atoms with Crippen molar-refractivity contribution in [1.82, 2.24) is 19.5 Å². The second kappa shape index (κ2) is 13.1. The third kappa shape index (κ3) is 5.03. The molecule has 0 fully saturated rings. The van der Waals surface area contributed by atoms with E-state index in [4.69, 9.17) is 24.1 Å². The summed E-state index contributed by atoms with van der Waals surface area (Å²) in [4.78, 5) is 15.6. The normalized spacial score (nSPS) is 15.5. The lowest BCUT2D eigenvalue weighted by molar-refractivity contribution is 0.223. The molecule has 0 amide bonds. The van der Waals surface area contributed by atoms with Crippen LogP contribution in [0.5, 0.6) is 5.75 Å². The van der Waals surface area contributed by atoms with Gasteiger partial charge in [-0.05, 0) is 64.0 Å². The van der Waals surface area contributed by atoms with Gasteiger partial charge in [0.25, 0.3) is 0 Å². The Hall–Kier alpha value is -8.35. The van der Waals surface area contributed by atoms with Crippen LogP contribution in [0.4, 0.5) is 0 Å². The van der Waals surface area contributed by atoms with E-state index in [-0.39, 0.29) is 12.0 Å². The third-order valence-electron chi connectivity index (χ3n) is 13.2. The van der Waals surface area contributed by atoms with Gasteiger partial charge in [-0.1, -0.05) is 152 Å².